The summed E-state index contributed by atoms with van der Waals surface area (Å²) >= 11 is 0. The highest BCUT2D eigenvalue weighted by Gasteiger charge is 2.59. The molecule has 0 aromatic heterocycles. The lowest BCUT2D eigenvalue weighted by molar-refractivity contribution is -0.168. The van der Waals surface area contributed by atoms with Gasteiger partial charge in [-0.1, -0.05) is 6.42 Å². The number of hydrogen-bond donors (Lipinski definition) is 1. The van der Waals surface area contributed by atoms with Crippen LogP contribution < -0.4 is 5.32 Å². The Bertz CT molecular complexity index is 494. The molecule has 2 aliphatic heterocycles. The number of guanidine groups is 1. The number of likely N-dealkylation sites (tertiary alicyclic amines) is 1. The molecule has 3 unspecified atom stereocenters. The Labute approximate surface area is 175 Å². The highest BCUT2D eigenvalue weighted by molar-refractivity contribution is 14.0. The highest BCUT2D eigenvalue weighted by atomic mass is 127. The van der Waals surface area contributed by atoms with Gasteiger partial charge in [0.1, 0.15) is 0 Å². The topological polar surface area (TPSA) is 49.3 Å². The van der Waals surface area contributed by atoms with E-state index in [2.05, 4.69) is 27.0 Å². The van der Waals surface area contributed by atoms with E-state index in [-0.39, 0.29) is 24.0 Å². The molecule has 3 atom stereocenters. The largest absolute Gasteiger partial charge is 0.379 e. The van der Waals surface area contributed by atoms with Crippen molar-refractivity contribution in [2.45, 2.75) is 57.2 Å². The SMILES string of the molecule is CCOC1CC(NC(=NC)N2CCC(N3CCOCC3)C2)C12CCC2.I. The minimum Gasteiger partial charge on any atom is -0.379 e. The van der Waals surface area contributed by atoms with Gasteiger partial charge >= 0.3 is 0 Å². The molecule has 2 aliphatic carbocycles. The van der Waals surface area contributed by atoms with Crippen LogP contribution >= 0.6 is 24.0 Å². The molecule has 26 heavy (non-hydrogen) atoms. The van der Waals surface area contributed by atoms with E-state index >= 15 is 0 Å². The molecule has 1 spiro atoms. The van der Waals surface area contributed by atoms with Crippen LogP contribution in [0.25, 0.3) is 0 Å². The first-order valence-electron chi connectivity index (χ1n) is 10.2. The molecule has 4 aliphatic rings. The third-order valence-corrected chi connectivity index (χ3v) is 6.98. The molecule has 2 saturated heterocycles. The van der Waals surface area contributed by atoms with Gasteiger partial charge in [-0.3, -0.25) is 9.89 Å². The maximum Gasteiger partial charge on any atom is 0.193 e. The van der Waals surface area contributed by atoms with Gasteiger partial charge in [0.05, 0.1) is 19.3 Å². The number of aliphatic imine (C=N–C) groups is 1. The van der Waals surface area contributed by atoms with Gasteiger partial charge in [0.15, 0.2) is 5.96 Å². The first kappa shape index (κ1) is 20.6. The van der Waals surface area contributed by atoms with Gasteiger partial charge in [0.25, 0.3) is 0 Å². The third kappa shape index (κ3) is 3.73. The molecule has 0 aromatic carbocycles. The first-order valence-corrected chi connectivity index (χ1v) is 10.2. The Morgan fingerprint density at radius 2 is 2.04 bits per heavy atom. The summed E-state index contributed by atoms with van der Waals surface area (Å²) in [6, 6.07) is 1.19. The van der Waals surface area contributed by atoms with Crippen molar-refractivity contribution in [1.29, 1.82) is 0 Å². The van der Waals surface area contributed by atoms with Crippen molar-refractivity contribution in [2.24, 2.45) is 10.4 Å². The van der Waals surface area contributed by atoms with Crippen molar-refractivity contribution >= 4 is 29.9 Å². The van der Waals surface area contributed by atoms with Crippen molar-refractivity contribution in [3.05, 3.63) is 0 Å². The Kier molecular flexibility index (Phi) is 7.07. The van der Waals surface area contributed by atoms with Gasteiger partial charge in [-0.05, 0) is 32.6 Å². The second kappa shape index (κ2) is 8.92. The number of nitrogens with one attached hydrogen (secondary N) is 1. The quantitative estimate of drug-likeness (QED) is 0.380. The zero-order valence-electron chi connectivity index (χ0n) is 16.3. The molecule has 0 radical (unpaired) electrons. The lowest BCUT2D eigenvalue weighted by atomic mass is 9.51. The molecular weight excluding hydrogens is 443 g/mol. The van der Waals surface area contributed by atoms with E-state index in [4.69, 9.17) is 9.47 Å². The smallest absolute Gasteiger partial charge is 0.193 e. The highest BCUT2D eigenvalue weighted by Crippen LogP contribution is 2.57. The predicted molar refractivity (Wildman–Crippen MR) is 114 cm³/mol. The van der Waals surface area contributed by atoms with E-state index in [0.29, 0.717) is 23.6 Å². The van der Waals surface area contributed by atoms with Gasteiger partial charge in [-0.15, -0.1) is 24.0 Å². The van der Waals surface area contributed by atoms with Gasteiger partial charge in [0, 0.05) is 57.3 Å². The fourth-order valence-corrected chi connectivity index (χ4v) is 5.27. The zero-order valence-corrected chi connectivity index (χ0v) is 18.6. The minimum atomic E-state index is 0. The van der Waals surface area contributed by atoms with Crippen molar-refractivity contribution < 1.29 is 9.47 Å². The number of hydrogen-bond acceptors (Lipinski definition) is 4. The van der Waals surface area contributed by atoms with E-state index in [1.807, 2.05) is 7.05 Å². The number of halogens is 1. The summed E-state index contributed by atoms with van der Waals surface area (Å²) in [5, 5.41) is 3.80. The maximum absolute atomic E-state index is 5.99. The molecule has 7 heteroatoms. The summed E-state index contributed by atoms with van der Waals surface area (Å²) in [7, 11) is 1.93. The summed E-state index contributed by atoms with van der Waals surface area (Å²) < 4.78 is 11.5. The molecule has 1 N–H and O–H groups in total. The number of morpholine rings is 1. The monoisotopic (exact) mass is 478 g/mol. The second-order valence-corrected chi connectivity index (χ2v) is 8.05. The molecule has 0 amide bonds. The molecule has 4 rings (SSSR count). The van der Waals surface area contributed by atoms with Crippen LogP contribution in [-0.4, -0.2) is 87.0 Å². The summed E-state index contributed by atoms with van der Waals surface area (Å²) in [5.41, 5.74) is 0.384. The Morgan fingerprint density at radius 3 is 2.65 bits per heavy atom. The van der Waals surface area contributed by atoms with Crippen LogP contribution in [0.1, 0.15) is 39.0 Å². The molecule has 0 bridgehead atoms. The number of rotatable bonds is 4. The minimum absolute atomic E-state index is 0. The standard InChI is InChI=1S/C19H34N4O2.HI/c1-3-25-17-13-16(19(17)6-4-7-19)21-18(20-2)23-8-5-15(14-23)22-9-11-24-12-10-22;/h15-17H,3-14H2,1-2H3,(H,20,21);1H. The molecular formula is C19H35IN4O2. The second-order valence-electron chi connectivity index (χ2n) is 8.05. The molecule has 4 fully saturated rings. The Balaban J connectivity index is 0.00000196. The zero-order chi connectivity index (χ0) is 17.3. The van der Waals surface area contributed by atoms with Crippen molar-refractivity contribution in [2.75, 3.05) is 53.0 Å². The fraction of sp³-hybridized carbons (Fsp3) is 0.947. The molecule has 6 nitrogen and oxygen atoms in total. The normalized spacial score (nSPS) is 34.2. The Morgan fingerprint density at radius 1 is 1.27 bits per heavy atom. The predicted octanol–water partition coefficient (Wildman–Crippen LogP) is 1.93. The van der Waals surface area contributed by atoms with Gasteiger partial charge in [0.2, 0.25) is 0 Å². The maximum atomic E-state index is 5.99. The number of nitrogens with zero attached hydrogens (tertiary/aromatic N) is 3. The van der Waals surface area contributed by atoms with Crippen molar-refractivity contribution in [3.63, 3.8) is 0 Å². The molecule has 150 valence electrons. The van der Waals surface area contributed by atoms with Gasteiger partial charge in [-0.25, -0.2) is 0 Å². The van der Waals surface area contributed by atoms with E-state index in [1.165, 1.54) is 25.7 Å². The van der Waals surface area contributed by atoms with E-state index in [0.717, 1.165) is 58.4 Å². The van der Waals surface area contributed by atoms with E-state index in [9.17, 15) is 0 Å². The number of ether oxygens (including phenoxy) is 2. The molecule has 2 saturated carbocycles. The van der Waals surface area contributed by atoms with Crippen LogP contribution in [0.3, 0.4) is 0 Å². The van der Waals surface area contributed by atoms with Crippen molar-refractivity contribution in [3.8, 4) is 0 Å². The summed E-state index contributed by atoms with van der Waals surface area (Å²) in [6.07, 6.45) is 6.79. The van der Waals surface area contributed by atoms with E-state index < -0.39 is 0 Å². The molecule has 2 heterocycles. The summed E-state index contributed by atoms with van der Waals surface area (Å²) in [5.74, 6) is 1.10. The lowest BCUT2D eigenvalue weighted by Crippen LogP contribution is -2.68. The molecule has 0 aromatic rings. The van der Waals surface area contributed by atoms with Crippen LogP contribution in [0.15, 0.2) is 4.99 Å². The van der Waals surface area contributed by atoms with Gasteiger partial charge in [-0.2, -0.15) is 0 Å². The average Bonchev–Trinajstić information content (AvgIpc) is 3.07. The van der Waals surface area contributed by atoms with Crippen LogP contribution in [0.2, 0.25) is 0 Å². The lowest BCUT2D eigenvalue weighted by Gasteiger charge is -2.61. The van der Waals surface area contributed by atoms with Gasteiger partial charge < -0.3 is 19.7 Å². The first-order chi connectivity index (χ1) is 12.3. The van der Waals surface area contributed by atoms with Crippen LogP contribution in [0, 0.1) is 5.41 Å². The third-order valence-electron chi connectivity index (χ3n) is 6.98. The van der Waals surface area contributed by atoms with Crippen LogP contribution in [0.5, 0.6) is 0 Å². The fourth-order valence-electron chi connectivity index (χ4n) is 5.27. The summed E-state index contributed by atoms with van der Waals surface area (Å²) in [4.78, 5) is 9.67. The average molecular weight is 478 g/mol. The van der Waals surface area contributed by atoms with Crippen LogP contribution in [-0.2, 0) is 9.47 Å². The van der Waals surface area contributed by atoms with E-state index in [1.54, 1.807) is 0 Å². The Hall–Kier alpha value is -0.120. The van der Waals surface area contributed by atoms with Crippen molar-refractivity contribution in [1.82, 2.24) is 15.1 Å². The van der Waals surface area contributed by atoms with Crippen LogP contribution in [0.4, 0.5) is 0 Å². The summed E-state index contributed by atoms with van der Waals surface area (Å²) in [6.45, 7) is 9.06.